The molecular weight excluding hydrogens is 229 g/mol. The van der Waals surface area contributed by atoms with Crippen LogP contribution in [0.1, 0.15) is 39.7 Å². The lowest BCUT2D eigenvalue weighted by atomic mass is 9.84. The maximum atomic E-state index is 13.5. The van der Waals surface area contributed by atoms with Crippen LogP contribution in [-0.4, -0.2) is 12.1 Å². The van der Waals surface area contributed by atoms with Crippen molar-refractivity contribution in [2.45, 2.75) is 52.9 Å². The highest BCUT2D eigenvalue weighted by Crippen LogP contribution is 2.26. The lowest BCUT2D eigenvalue weighted by Crippen LogP contribution is -2.44. The van der Waals surface area contributed by atoms with E-state index >= 15 is 0 Å². The molecule has 0 saturated carbocycles. The predicted molar refractivity (Wildman–Crippen MR) is 72.7 cm³/mol. The molecule has 2 N–H and O–H groups in total. The minimum Gasteiger partial charge on any atom is -0.371 e. The van der Waals surface area contributed by atoms with Gasteiger partial charge in [0.15, 0.2) is 0 Å². The van der Waals surface area contributed by atoms with Crippen LogP contribution in [0.4, 0.5) is 4.39 Å². The van der Waals surface area contributed by atoms with Crippen molar-refractivity contribution < 1.29 is 9.13 Å². The first-order valence-corrected chi connectivity index (χ1v) is 6.46. The largest absolute Gasteiger partial charge is 0.371 e. The van der Waals surface area contributed by atoms with Crippen molar-refractivity contribution in [1.82, 2.24) is 0 Å². The summed E-state index contributed by atoms with van der Waals surface area (Å²) in [7, 11) is 0. The number of rotatable bonds is 5. The summed E-state index contributed by atoms with van der Waals surface area (Å²) in [5.41, 5.74) is 6.61. The molecule has 1 aromatic rings. The molecule has 0 spiro atoms. The Morgan fingerprint density at radius 3 is 2.39 bits per heavy atom. The standard InChI is InChI=1S/C15H24FNO/c1-5-13(17)14(15(2,3)4)18-10-11-8-6-7-9-12(11)16/h6-9,13-14H,5,10,17H2,1-4H3. The lowest BCUT2D eigenvalue weighted by Gasteiger charge is -2.34. The topological polar surface area (TPSA) is 35.2 Å². The van der Waals surface area contributed by atoms with Crippen LogP contribution in [0, 0.1) is 11.2 Å². The molecular formula is C15H24FNO. The fourth-order valence-corrected chi connectivity index (χ4v) is 2.02. The molecule has 0 heterocycles. The van der Waals surface area contributed by atoms with Crippen molar-refractivity contribution in [1.29, 1.82) is 0 Å². The molecule has 0 aliphatic carbocycles. The van der Waals surface area contributed by atoms with E-state index in [1.165, 1.54) is 6.07 Å². The Kier molecular flexibility index (Phi) is 5.29. The van der Waals surface area contributed by atoms with Gasteiger partial charge in [0.05, 0.1) is 12.7 Å². The van der Waals surface area contributed by atoms with Crippen LogP contribution in [0.2, 0.25) is 0 Å². The number of nitrogens with two attached hydrogens (primary N) is 1. The molecule has 0 bridgehead atoms. The van der Waals surface area contributed by atoms with Gasteiger partial charge in [0, 0.05) is 11.6 Å². The molecule has 1 rings (SSSR count). The van der Waals surface area contributed by atoms with E-state index in [1.54, 1.807) is 12.1 Å². The quantitative estimate of drug-likeness (QED) is 0.871. The fourth-order valence-electron chi connectivity index (χ4n) is 2.02. The van der Waals surface area contributed by atoms with Gasteiger partial charge in [-0.15, -0.1) is 0 Å². The molecule has 1 aromatic carbocycles. The molecule has 0 radical (unpaired) electrons. The maximum Gasteiger partial charge on any atom is 0.128 e. The Balaban J connectivity index is 2.72. The van der Waals surface area contributed by atoms with Gasteiger partial charge in [-0.05, 0) is 17.9 Å². The normalized spacial score (nSPS) is 15.4. The van der Waals surface area contributed by atoms with Crippen LogP contribution in [0.5, 0.6) is 0 Å². The van der Waals surface area contributed by atoms with Crippen molar-refractivity contribution in [2.24, 2.45) is 11.1 Å². The van der Waals surface area contributed by atoms with E-state index in [4.69, 9.17) is 10.5 Å². The van der Waals surface area contributed by atoms with E-state index in [1.807, 2.05) is 13.0 Å². The maximum absolute atomic E-state index is 13.5. The highest BCUT2D eigenvalue weighted by molar-refractivity contribution is 5.16. The molecule has 3 heteroatoms. The summed E-state index contributed by atoms with van der Waals surface area (Å²) >= 11 is 0. The molecule has 2 unspecified atom stereocenters. The SMILES string of the molecule is CCC(N)C(OCc1ccccc1F)C(C)(C)C. The van der Waals surface area contributed by atoms with E-state index in [0.717, 1.165) is 6.42 Å². The minimum absolute atomic E-state index is 0.0308. The molecule has 0 aliphatic heterocycles. The average Bonchev–Trinajstić information content (AvgIpc) is 2.29. The summed E-state index contributed by atoms with van der Waals surface area (Å²) in [6, 6.07) is 6.65. The second-order valence-electron chi connectivity index (χ2n) is 5.76. The van der Waals surface area contributed by atoms with Gasteiger partial charge >= 0.3 is 0 Å². The Morgan fingerprint density at radius 1 is 1.28 bits per heavy atom. The monoisotopic (exact) mass is 253 g/mol. The van der Waals surface area contributed by atoms with Crippen molar-refractivity contribution in [3.05, 3.63) is 35.6 Å². The summed E-state index contributed by atoms with van der Waals surface area (Å²) in [5, 5.41) is 0. The van der Waals surface area contributed by atoms with E-state index in [2.05, 4.69) is 20.8 Å². The van der Waals surface area contributed by atoms with E-state index in [-0.39, 0.29) is 30.0 Å². The highest BCUT2D eigenvalue weighted by atomic mass is 19.1. The first-order valence-electron chi connectivity index (χ1n) is 6.46. The zero-order valence-electron chi connectivity index (χ0n) is 11.7. The molecule has 0 saturated heterocycles. The Hall–Kier alpha value is -0.930. The van der Waals surface area contributed by atoms with Gasteiger partial charge in [-0.3, -0.25) is 0 Å². The third-order valence-corrected chi connectivity index (χ3v) is 3.09. The number of benzene rings is 1. The third kappa shape index (κ3) is 4.07. The Morgan fingerprint density at radius 2 is 1.89 bits per heavy atom. The molecule has 0 aliphatic rings. The third-order valence-electron chi connectivity index (χ3n) is 3.09. The highest BCUT2D eigenvalue weighted by Gasteiger charge is 2.30. The van der Waals surface area contributed by atoms with Crippen LogP contribution in [0.25, 0.3) is 0 Å². The van der Waals surface area contributed by atoms with Crippen LogP contribution < -0.4 is 5.73 Å². The first kappa shape index (κ1) is 15.1. The number of ether oxygens (including phenoxy) is 1. The molecule has 2 atom stereocenters. The average molecular weight is 253 g/mol. The van der Waals surface area contributed by atoms with E-state index < -0.39 is 0 Å². The zero-order chi connectivity index (χ0) is 13.8. The number of hydrogen-bond acceptors (Lipinski definition) is 2. The number of halogens is 1. The molecule has 2 nitrogen and oxygen atoms in total. The lowest BCUT2D eigenvalue weighted by molar-refractivity contribution is -0.0448. The molecule has 0 fully saturated rings. The Labute approximate surface area is 109 Å². The summed E-state index contributed by atoms with van der Waals surface area (Å²) in [4.78, 5) is 0. The fraction of sp³-hybridized carbons (Fsp3) is 0.600. The van der Waals surface area contributed by atoms with Crippen molar-refractivity contribution in [3.8, 4) is 0 Å². The van der Waals surface area contributed by atoms with Crippen molar-refractivity contribution in [3.63, 3.8) is 0 Å². The first-order chi connectivity index (χ1) is 8.36. The summed E-state index contributed by atoms with van der Waals surface area (Å²) in [6.07, 6.45) is 0.765. The van der Waals surface area contributed by atoms with Crippen LogP contribution >= 0.6 is 0 Å². The van der Waals surface area contributed by atoms with Gasteiger partial charge in [0.25, 0.3) is 0 Å². The van der Waals surface area contributed by atoms with Gasteiger partial charge < -0.3 is 10.5 Å². The van der Waals surface area contributed by atoms with Gasteiger partial charge in [-0.25, -0.2) is 4.39 Å². The van der Waals surface area contributed by atoms with Crippen LogP contribution in [-0.2, 0) is 11.3 Å². The minimum atomic E-state index is -0.227. The van der Waals surface area contributed by atoms with Gasteiger partial charge in [0.2, 0.25) is 0 Å². The van der Waals surface area contributed by atoms with Gasteiger partial charge in [-0.2, -0.15) is 0 Å². The molecule has 0 aromatic heterocycles. The second kappa shape index (κ2) is 6.30. The number of hydrogen-bond donors (Lipinski definition) is 1. The van der Waals surface area contributed by atoms with Crippen molar-refractivity contribution >= 4 is 0 Å². The van der Waals surface area contributed by atoms with E-state index in [9.17, 15) is 4.39 Å². The molecule has 18 heavy (non-hydrogen) atoms. The molecule has 102 valence electrons. The van der Waals surface area contributed by atoms with E-state index in [0.29, 0.717) is 5.56 Å². The summed E-state index contributed by atoms with van der Waals surface area (Å²) in [6.45, 7) is 8.58. The predicted octanol–water partition coefficient (Wildman–Crippen LogP) is 3.49. The van der Waals surface area contributed by atoms with Crippen LogP contribution in [0.3, 0.4) is 0 Å². The Bertz CT molecular complexity index is 373. The zero-order valence-corrected chi connectivity index (χ0v) is 11.7. The smallest absolute Gasteiger partial charge is 0.128 e. The van der Waals surface area contributed by atoms with Gasteiger partial charge in [0.1, 0.15) is 5.82 Å². The summed E-state index contributed by atoms with van der Waals surface area (Å²) < 4.78 is 19.4. The van der Waals surface area contributed by atoms with Gasteiger partial charge in [-0.1, -0.05) is 45.9 Å². The van der Waals surface area contributed by atoms with Crippen molar-refractivity contribution in [2.75, 3.05) is 0 Å². The second-order valence-corrected chi connectivity index (χ2v) is 5.76. The molecule has 0 amide bonds. The van der Waals surface area contributed by atoms with Crippen LogP contribution in [0.15, 0.2) is 24.3 Å². The summed E-state index contributed by atoms with van der Waals surface area (Å²) in [5.74, 6) is -0.227.